The summed E-state index contributed by atoms with van der Waals surface area (Å²) in [4.78, 5) is 4.04. The van der Waals surface area contributed by atoms with E-state index in [2.05, 4.69) is 4.98 Å². The maximum absolute atomic E-state index is 5.42. The van der Waals surface area contributed by atoms with Crippen molar-refractivity contribution >= 4 is 0 Å². The summed E-state index contributed by atoms with van der Waals surface area (Å²) in [5.74, 6) is 2.07. The van der Waals surface area contributed by atoms with E-state index in [0.29, 0.717) is 17.2 Å². The molecule has 0 aliphatic heterocycles. The van der Waals surface area contributed by atoms with Crippen LogP contribution in [0.15, 0.2) is 36.7 Å². The van der Waals surface area contributed by atoms with Crippen molar-refractivity contribution in [2.24, 2.45) is 0 Å². The van der Waals surface area contributed by atoms with Gasteiger partial charge in [-0.3, -0.25) is 4.98 Å². The van der Waals surface area contributed by atoms with Crippen LogP contribution in [0.3, 0.4) is 0 Å². The number of nitrogens with zero attached hydrogens (tertiary/aromatic N) is 1. The second kappa shape index (κ2) is 5.40. The molecule has 2 rings (SSSR count). The Morgan fingerprint density at radius 1 is 0.833 bits per heavy atom. The van der Waals surface area contributed by atoms with Crippen LogP contribution < -0.4 is 14.2 Å². The number of para-hydroxylation sites is 1. The third kappa shape index (κ3) is 2.09. The van der Waals surface area contributed by atoms with Crippen LogP contribution in [0.4, 0.5) is 0 Å². The Morgan fingerprint density at radius 3 is 2.28 bits per heavy atom. The summed E-state index contributed by atoms with van der Waals surface area (Å²) < 4.78 is 16.0. The summed E-state index contributed by atoms with van der Waals surface area (Å²) in [6.07, 6.45) is 3.39. The minimum absolute atomic E-state index is 0.685. The molecule has 1 aromatic heterocycles. The van der Waals surface area contributed by atoms with Gasteiger partial charge >= 0.3 is 0 Å². The minimum atomic E-state index is 0.685. The Balaban J connectivity index is 2.63. The molecule has 1 heterocycles. The first-order valence-electron chi connectivity index (χ1n) is 5.51. The molecular formula is C14H15NO3. The van der Waals surface area contributed by atoms with E-state index in [0.717, 1.165) is 11.1 Å². The van der Waals surface area contributed by atoms with Gasteiger partial charge in [0, 0.05) is 17.3 Å². The van der Waals surface area contributed by atoms with E-state index in [1.54, 1.807) is 33.7 Å². The summed E-state index contributed by atoms with van der Waals surface area (Å²) in [6.45, 7) is 0. The highest BCUT2D eigenvalue weighted by atomic mass is 16.5. The van der Waals surface area contributed by atoms with Crippen molar-refractivity contribution in [3.8, 4) is 28.4 Å². The van der Waals surface area contributed by atoms with Crippen LogP contribution in [0.25, 0.3) is 11.1 Å². The van der Waals surface area contributed by atoms with Gasteiger partial charge in [-0.25, -0.2) is 0 Å². The molecule has 4 nitrogen and oxygen atoms in total. The van der Waals surface area contributed by atoms with Crippen molar-refractivity contribution in [3.63, 3.8) is 0 Å². The van der Waals surface area contributed by atoms with Crippen molar-refractivity contribution in [3.05, 3.63) is 36.7 Å². The molecule has 2 aromatic rings. The van der Waals surface area contributed by atoms with Crippen LogP contribution in [-0.4, -0.2) is 26.3 Å². The van der Waals surface area contributed by atoms with E-state index in [1.807, 2.05) is 24.3 Å². The van der Waals surface area contributed by atoms with Gasteiger partial charge in [-0.1, -0.05) is 12.1 Å². The average Bonchev–Trinajstić information content (AvgIpc) is 2.46. The number of aromatic nitrogens is 1. The van der Waals surface area contributed by atoms with Gasteiger partial charge in [0.05, 0.1) is 27.5 Å². The quantitative estimate of drug-likeness (QED) is 0.830. The van der Waals surface area contributed by atoms with Crippen LogP contribution in [0.5, 0.6) is 17.2 Å². The third-order valence-corrected chi connectivity index (χ3v) is 2.70. The van der Waals surface area contributed by atoms with Gasteiger partial charge in [0.1, 0.15) is 5.75 Å². The standard InChI is InChI=1S/C14H15NO3/c1-16-12-6-4-5-11(14(12)18-3)10-7-8-15-9-13(10)17-2/h4-9H,1-3H3. The molecule has 0 bridgehead atoms. The summed E-state index contributed by atoms with van der Waals surface area (Å²) in [5.41, 5.74) is 1.83. The van der Waals surface area contributed by atoms with Gasteiger partial charge in [-0.05, 0) is 12.1 Å². The van der Waals surface area contributed by atoms with Crippen molar-refractivity contribution in [1.82, 2.24) is 4.98 Å². The zero-order chi connectivity index (χ0) is 13.0. The molecule has 0 aliphatic carbocycles. The fourth-order valence-electron chi connectivity index (χ4n) is 1.86. The third-order valence-electron chi connectivity index (χ3n) is 2.70. The van der Waals surface area contributed by atoms with Gasteiger partial charge < -0.3 is 14.2 Å². The van der Waals surface area contributed by atoms with Gasteiger partial charge in [0.2, 0.25) is 0 Å². The monoisotopic (exact) mass is 245 g/mol. The molecule has 0 saturated carbocycles. The smallest absolute Gasteiger partial charge is 0.168 e. The van der Waals surface area contributed by atoms with Gasteiger partial charge in [-0.15, -0.1) is 0 Å². The highest BCUT2D eigenvalue weighted by Gasteiger charge is 2.14. The molecule has 0 spiro atoms. The van der Waals surface area contributed by atoms with E-state index in [9.17, 15) is 0 Å². The highest BCUT2D eigenvalue weighted by Crippen LogP contribution is 2.40. The lowest BCUT2D eigenvalue weighted by molar-refractivity contribution is 0.356. The summed E-state index contributed by atoms with van der Waals surface area (Å²) >= 11 is 0. The topological polar surface area (TPSA) is 40.6 Å². The second-order valence-corrected chi connectivity index (χ2v) is 3.62. The molecule has 1 aromatic carbocycles. The molecule has 0 radical (unpaired) electrons. The first kappa shape index (κ1) is 12.2. The van der Waals surface area contributed by atoms with Gasteiger partial charge in [-0.2, -0.15) is 0 Å². The van der Waals surface area contributed by atoms with E-state index in [-0.39, 0.29) is 0 Å². The molecule has 0 aliphatic rings. The normalized spacial score (nSPS) is 9.94. The fraction of sp³-hybridized carbons (Fsp3) is 0.214. The van der Waals surface area contributed by atoms with Crippen LogP contribution in [-0.2, 0) is 0 Å². The SMILES string of the molecule is COc1cnccc1-c1cccc(OC)c1OC. The molecule has 0 atom stereocenters. The fourth-order valence-corrected chi connectivity index (χ4v) is 1.86. The van der Waals surface area contributed by atoms with Gasteiger partial charge in [0.25, 0.3) is 0 Å². The summed E-state index contributed by atoms with van der Waals surface area (Å²) in [6, 6.07) is 7.61. The van der Waals surface area contributed by atoms with Gasteiger partial charge in [0.15, 0.2) is 11.5 Å². The second-order valence-electron chi connectivity index (χ2n) is 3.62. The Kier molecular flexibility index (Phi) is 3.67. The van der Waals surface area contributed by atoms with Crippen molar-refractivity contribution in [1.29, 1.82) is 0 Å². The molecule has 0 amide bonds. The number of hydrogen-bond acceptors (Lipinski definition) is 4. The van der Waals surface area contributed by atoms with Crippen molar-refractivity contribution < 1.29 is 14.2 Å². The molecule has 94 valence electrons. The lowest BCUT2D eigenvalue weighted by Crippen LogP contribution is -1.95. The van der Waals surface area contributed by atoms with Crippen LogP contribution >= 0.6 is 0 Å². The zero-order valence-corrected chi connectivity index (χ0v) is 10.6. The molecule has 4 heteroatoms. The molecule has 0 saturated heterocycles. The number of pyridine rings is 1. The summed E-state index contributed by atoms with van der Waals surface area (Å²) in [5, 5.41) is 0. The van der Waals surface area contributed by atoms with E-state index in [1.165, 1.54) is 0 Å². The maximum Gasteiger partial charge on any atom is 0.168 e. The Bertz CT molecular complexity index is 540. The Morgan fingerprint density at radius 2 is 1.61 bits per heavy atom. The number of ether oxygens (including phenoxy) is 3. The molecule has 18 heavy (non-hydrogen) atoms. The largest absolute Gasteiger partial charge is 0.494 e. The minimum Gasteiger partial charge on any atom is -0.494 e. The lowest BCUT2D eigenvalue weighted by atomic mass is 10.0. The number of methoxy groups -OCH3 is 3. The van der Waals surface area contributed by atoms with Crippen molar-refractivity contribution in [2.45, 2.75) is 0 Å². The predicted octanol–water partition coefficient (Wildman–Crippen LogP) is 2.77. The molecule has 0 fully saturated rings. The van der Waals surface area contributed by atoms with E-state index >= 15 is 0 Å². The maximum atomic E-state index is 5.42. The number of hydrogen-bond donors (Lipinski definition) is 0. The van der Waals surface area contributed by atoms with E-state index < -0.39 is 0 Å². The molecule has 0 unspecified atom stereocenters. The van der Waals surface area contributed by atoms with E-state index in [4.69, 9.17) is 14.2 Å². The lowest BCUT2D eigenvalue weighted by Gasteiger charge is -2.14. The average molecular weight is 245 g/mol. The Labute approximate surface area is 106 Å². The molecular weight excluding hydrogens is 230 g/mol. The Hall–Kier alpha value is -2.23. The summed E-state index contributed by atoms with van der Waals surface area (Å²) in [7, 11) is 4.85. The molecule has 0 N–H and O–H groups in total. The number of benzene rings is 1. The first-order valence-corrected chi connectivity index (χ1v) is 5.51. The zero-order valence-electron chi connectivity index (χ0n) is 10.6. The highest BCUT2D eigenvalue weighted by molar-refractivity contribution is 5.77. The predicted molar refractivity (Wildman–Crippen MR) is 69.3 cm³/mol. The van der Waals surface area contributed by atoms with Crippen LogP contribution in [0.1, 0.15) is 0 Å². The number of rotatable bonds is 4. The van der Waals surface area contributed by atoms with Crippen LogP contribution in [0, 0.1) is 0 Å². The van der Waals surface area contributed by atoms with Crippen LogP contribution in [0.2, 0.25) is 0 Å². The first-order chi connectivity index (χ1) is 8.81. The van der Waals surface area contributed by atoms with Crippen molar-refractivity contribution in [2.75, 3.05) is 21.3 Å².